The summed E-state index contributed by atoms with van der Waals surface area (Å²) in [6, 6.07) is 12.2. The van der Waals surface area contributed by atoms with Crippen molar-refractivity contribution in [3.8, 4) is 5.75 Å². The zero-order chi connectivity index (χ0) is 14.8. The summed E-state index contributed by atoms with van der Waals surface area (Å²) in [5.41, 5.74) is 6.59. The van der Waals surface area contributed by atoms with Gasteiger partial charge >= 0.3 is 0 Å². The first-order chi connectivity index (χ1) is 10.2. The van der Waals surface area contributed by atoms with Crippen molar-refractivity contribution in [3.63, 3.8) is 0 Å². The number of fused-ring (bicyclic) bond motifs is 1. The van der Waals surface area contributed by atoms with Gasteiger partial charge in [-0.25, -0.2) is 4.39 Å². The van der Waals surface area contributed by atoms with Gasteiger partial charge in [-0.15, -0.1) is 11.3 Å². The van der Waals surface area contributed by atoms with Crippen LogP contribution in [-0.4, -0.2) is 0 Å². The molecule has 0 aliphatic carbocycles. The molecule has 2 aromatic carbocycles. The molecule has 1 heterocycles. The van der Waals surface area contributed by atoms with Gasteiger partial charge in [0.2, 0.25) is 0 Å². The zero-order valence-corrected chi connectivity index (χ0v) is 12.7. The summed E-state index contributed by atoms with van der Waals surface area (Å²) in [7, 11) is 0. The van der Waals surface area contributed by atoms with E-state index in [1.807, 2.05) is 6.07 Å². The Bertz CT molecular complexity index is 770. The Morgan fingerprint density at radius 3 is 2.62 bits per heavy atom. The molecular weight excluding hydrogens is 309 g/mol. The van der Waals surface area contributed by atoms with Crippen LogP contribution in [0.4, 0.5) is 4.39 Å². The third-order valence-corrected chi connectivity index (χ3v) is 4.70. The van der Waals surface area contributed by atoms with Crippen LogP contribution in [0.25, 0.3) is 10.1 Å². The van der Waals surface area contributed by atoms with Crippen LogP contribution in [0.5, 0.6) is 5.75 Å². The van der Waals surface area contributed by atoms with E-state index in [0.717, 1.165) is 15.1 Å². The second-order valence-electron chi connectivity index (χ2n) is 4.56. The molecule has 1 aromatic heterocycles. The predicted octanol–water partition coefficient (Wildman–Crippen LogP) is 4.73. The van der Waals surface area contributed by atoms with E-state index in [2.05, 4.69) is 0 Å². The van der Waals surface area contributed by atoms with E-state index in [1.54, 1.807) is 30.3 Å². The van der Waals surface area contributed by atoms with E-state index in [1.165, 1.54) is 17.4 Å². The molecule has 0 spiro atoms. The monoisotopic (exact) mass is 321 g/mol. The number of thiophene rings is 1. The molecule has 0 aliphatic heterocycles. The highest BCUT2D eigenvalue weighted by atomic mass is 35.5. The summed E-state index contributed by atoms with van der Waals surface area (Å²) < 4.78 is 20.7. The van der Waals surface area contributed by atoms with Crippen LogP contribution in [0.2, 0.25) is 5.02 Å². The quantitative estimate of drug-likeness (QED) is 0.754. The van der Waals surface area contributed by atoms with Gasteiger partial charge in [-0.1, -0.05) is 17.7 Å². The molecule has 0 saturated carbocycles. The van der Waals surface area contributed by atoms with E-state index in [4.69, 9.17) is 22.1 Å². The molecule has 0 unspecified atom stereocenters. The largest absolute Gasteiger partial charge is 0.489 e. The summed E-state index contributed by atoms with van der Waals surface area (Å²) in [4.78, 5) is 0.948. The number of nitrogens with two attached hydrogens (primary N) is 1. The van der Waals surface area contributed by atoms with Gasteiger partial charge in [0.25, 0.3) is 0 Å². The Morgan fingerprint density at radius 2 is 1.90 bits per heavy atom. The SMILES string of the molecule is NCc1sc2cccc(F)c2c1COc1ccc(Cl)cc1. The predicted molar refractivity (Wildman–Crippen MR) is 85.5 cm³/mol. The van der Waals surface area contributed by atoms with Crippen LogP contribution in [0.3, 0.4) is 0 Å². The van der Waals surface area contributed by atoms with E-state index >= 15 is 0 Å². The molecule has 108 valence electrons. The van der Waals surface area contributed by atoms with E-state index in [9.17, 15) is 4.39 Å². The molecule has 0 radical (unpaired) electrons. The van der Waals surface area contributed by atoms with Crippen molar-refractivity contribution < 1.29 is 9.13 Å². The van der Waals surface area contributed by atoms with Gasteiger partial charge < -0.3 is 10.5 Å². The van der Waals surface area contributed by atoms with Crippen LogP contribution in [-0.2, 0) is 13.2 Å². The Labute approximate surface area is 130 Å². The second-order valence-corrected chi connectivity index (χ2v) is 6.14. The summed E-state index contributed by atoms with van der Waals surface area (Å²) in [6.07, 6.45) is 0. The highest BCUT2D eigenvalue weighted by Crippen LogP contribution is 2.33. The third kappa shape index (κ3) is 2.88. The maximum atomic E-state index is 14.1. The first-order valence-electron chi connectivity index (χ1n) is 6.46. The molecule has 0 aliphatic rings. The molecule has 0 saturated heterocycles. The van der Waals surface area contributed by atoms with Gasteiger partial charge in [0.15, 0.2) is 0 Å². The van der Waals surface area contributed by atoms with E-state index in [0.29, 0.717) is 22.7 Å². The van der Waals surface area contributed by atoms with E-state index in [-0.39, 0.29) is 12.4 Å². The number of halogens is 2. The van der Waals surface area contributed by atoms with Crippen molar-refractivity contribution in [2.75, 3.05) is 0 Å². The first kappa shape index (κ1) is 14.3. The fraction of sp³-hybridized carbons (Fsp3) is 0.125. The average molecular weight is 322 g/mol. The minimum absolute atomic E-state index is 0.238. The Balaban J connectivity index is 1.94. The van der Waals surface area contributed by atoms with Crippen LogP contribution >= 0.6 is 22.9 Å². The minimum Gasteiger partial charge on any atom is -0.489 e. The van der Waals surface area contributed by atoms with Gasteiger partial charge in [-0.3, -0.25) is 0 Å². The van der Waals surface area contributed by atoms with Crippen molar-refractivity contribution in [1.29, 1.82) is 0 Å². The number of hydrogen-bond donors (Lipinski definition) is 1. The molecule has 0 atom stereocenters. The molecule has 21 heavy (non-hydrogen) atoms. The van der Waals surface area contributed by atoms with Gasteiger partial charge in [-0.2, -0.15) is 0 Å². The fourth-order valence-electron chi connectivity index (χ4n) is 2.22. The standard InChI is InChI=1S/C16H13ClFNOS/c17-10-4-6-11(7-5-10)20-9-12-15(8-19)21-14-3-1-2-13(18)16(12)14/h1-7H,8-9,19H2. The first-order valence-corrected chi connectivity index (χ1v) is 7.65. The fourth-order valence-corrected chi connectivity index (χ4v) is 3.45. The molecule has 0 amide bonds. The van der Waals surface area contributed by atoms with Crippen molar-refractivity contribution in [3.05, 3.63) is 63.7 Å². The van der Waals surface area contributed by atoms with Crippen molar-refractivity contribution in [2.45, 2.75) is 13.2 Å². The molecule has 5 heteroatoms. The Morgan fingerprint density at radius 1 is 1.14 bits per heavy atom. The maximum absolute atomic E-state index is 14.1. The average Bonchev–Trinajstić information content (AvgIpc) is 2.86. The summed E-state index contributed by atoms with van der Waals surface area (Å²) in [6.45, 7) is 0.660. The van der Waals surface area contributed by atoms with Gasteiger partial charge in [0.1, 0.15) is 18.2 Å². The molecule has 2 N–H and O–H groups in total. The van der Waals surface area contributed by atoms with Gasteiger partial charge in [0.05, 0.1) is 0 Å². The highest BCUT2D eigenvalue weighted by Gasteiger charge is 2.15. The number of hydrogen-bond acceptors (Lipinski definition) is 3. The van der Waals surface area contributed by atoms with Crippen LogP contribution in [0.15, 0.2) is 42.5 Å². The minimum atomic E-state index is -0.238. The van der Waals surface area contributed by atoms with Crippen molar-refractivity contribution >= 4 is 33.0 Å². The number of benzene rings is 2. The van der Waals surface area contributed by atoms with E-state index < -0.39 is 0 Å². The number of rotatable bonds is 4. The van der Waals surface area contributed by atoms with Gasteiger partial charge in [0, 0.05) is 32.1 Å². The normalized spacial score (nSPS) is 11.0. The van der Waals surface area contributed by atoms with Crippen molar-refractivity contribution in [1.82, 2.24) is 0 Å². The molecular formula is C16H13ClFNOS. The summed E-state index contributed by atoms with van der Waals surface area (Å²) in [5, 5.41) is 1.26. The lowest BCUT2D eigenvalue weighted by molar-refractivity contribution is 0.307. The molecule has 2 nitrogen and oxygen atoms in total. The Kier molecular flexibility index (Phi) is 4.10. The molecule has 0 bridgehead atoms. The lowest BCUT2D eigenvalue weighted by Crippen LogP contribution is -2.02. The third-order valence-electron chi connectivity index (χ3n) is 3.23. The smallest absolute Gasteiger partial charge is 0.132 e. The molecule has 3 aromatic rings. The Hall–Kier alpha value is -1.62. The maximum Gasteiger partial charge on any atom is 0.132 e. The van der Waals surface area contributed by atoms with Crippen LogP contribution in [0.1, 0.15) is 10.4 Å². The molecule has 0 fully saturated rings. The second kappa shape index (κ2) is 6.02. The summed E-state index contributed by atoms with van der Waals surface area (Å²) in [5.74, 6) is 0.455. The lowest BCUT2D eigenvalue weighted by Gasteiger charge is -2.08. The lowest BCUT2D eigenvalue weighted by atomic mass is 10.1. The zero-order valence-electron chi connectivity index (χ0n) is 11.1. The highest BCUT2D eigenvalue weighted by molar-refractivity contribution is 7.19. The topological polar surface area (TPSA) is 35.2 Å². The van der Waals surface area contributed by atoms with Gasteiger partial charge in [-0.05, 0) is 36.4 Å². The van der Waals surface area contributed by atoms with Crippen molar-refractivity contribution in [2.24, 2.45) is 5.73 Å². The van der Waals surface area contributed by atoms with Crippen LogP contribution in [0, 0.1) is 5.82 Å². The summed E-state index contributed by atoms with van der Waals surface area (Å²) >= 11 is 7.35. The van der Waals surface area contributed by atoms with Crippen LogP contribution < -0.4 is 10.5 Å². The molecule has 3 rings (SSSR count). The number of ether oxygens (including phenoxy) is 1.